The third-order valence-electron chi connectivity index (χ3n) is 3.92. The Morgan fingerprint density at radius 2 is 2.00 bits per heavy atom. The van der Waals surface area contributed by atoms with Gasteiger partial charge in [-0.3, -0.25) is 4.68 Å². The molecule has 1 heterocycles. The lowest BCUT2D eigenvalue weighted by molar-refractivity contribution is 0.532. The molecule has 0 spiro atoms. The van der Waals surface area contributed by atoms with Gasteiger partial charge in [0.25, 0.3) is 0 Å². The van der Waals surface area contributed by atoms with E-state index in [1.54, 1.807) is 0 Å². The first kappa shape index (κ1) is 13.6. The molecule has 3 heteroatoms. The van der Waals surface area contributed by atoms with Crippen LogP contribution in [0.4, 0.5) is 0 Å². The molecule has 1 aromatic rings. The van der Waals surface area contributed by atoms with Crippen molar-refractivity contribution in [3.05, 3.63) is 17.0 Å². The molecule has 3 nitrogen and oxygen atoms in total. The molecular weight excluding hydrogens is 222 g/mol. The maximum atomic E-state index is 4.86. The van der Waals surface area contributed by atoms with Crippen LogP contribution in [0.3, 0.4) is 0 Å². The number of hydrogen-bond acceptors (Lipinski definition) is 2. The fraction of sp³-hybridized carbons (Fsp3) is 0.800. The van der Waals surface area contributed by atoms with Crippen molar-refractivity contribution in [2.24, 2.45) is 5.92 Å². The summed E-state index contributed by atoms with van der Waals surface area (Å²) in [7, 11) is 0. The lowest BCUT2D eigenvalue weighted by atomic mass is 10.0. The van der Waals surface area contributed by atoms with Gasteiger partial charge in [0.15, 0.2) is 0 Å². The van der Waals surface area contributed by atoms with Crippen molar-refractivity contribution < 1.29 is 0 Å². The molecule has 0 aromatic carbocycles. The number of rotatable bonds is 7. The van der Waals surface area contributed by atoms with E-state index in [2.05, 4.69) is 37.7 Å². The summed E-state index contributed by atoms with van der Waals surface area (Å²) in [6, 6.07) is 0.424. The highest BCUT2D eigenvalue weighted by Crippen LogP contribution is 2.32. The van der Waals surface area contributed by atoms with Gasteiger partial charge in [-0.05, 0) is 45.1 Å². The minimum Gasteiger partial charge on any atom is -0.310 e. The molecule has 0 radical (unpaired) electrons. The molecule has 1 unspecified atom stereocenters. The highest BCUT2D eigenvalue weighted by molar-refractivity contribution is 5.30. The molecule has 1 aromatic heterocycles. The second-order valence-electron chi connectivity index (χ2n) is 5.42. The molecule has 1 atom stereocenters. The fourth-order valence-corrected chi connectivity index (χ4v) is 2.80. The Balaban J connectivity index is 2.30. The van der Waals surface area contributed by atoms with E-state index < -0.39 is 0 Å². The average Bonchev–Trinajstić information content (AvgIpc) is 3.09. The largest absolute Gasteiger partial charge is 0.310 e. The summed E-state index contributed by atoms with van der Waals surface area (Å²) in [6.07, 6.45) is 4.91. The summed E-state index contributed by atoms with van der Waals surface area (Å²) < 4.78 is 2.29. The zero-order valence-corrected chi connectivity index (χ0v) is 12.3. The third-order valence-corrected chi connectivity index (χ3v) is 3.92. The van der Waals surface area contributed by atoms with Gasteiger partial charge in [0.1, 0.15) is 0 Å². The van der Waals surface area contributed by atoms with Crippen molar-refractivity contribution in [2.75, 3.05) is 6.54 Å². The Labute approximate surface area is 111 Å². The molecule has 2 rings (SSSR count). The zero-order chi connectivity index (χ0) is 13.1. The average molecular weight is 249 g/mol. The van der Waals surface area contributed by atoms with Crippen LogP contribution in [0.2, 0.25) is 0 Å². The minimum atomic E-state index is 0.424. The second kappa shape index (κ2) is 5.87. The van der Waals surface area contributed by atoms with Crippen molar-refractivity contribution in [3.8, 4) is 0 Å². The molecule has 1 fully saturated rings. The van der Waals surface area contributed by atoms with Crippen molar-refractivity contribution in [2.45, 2.75) is 66.0 Å². The highest BCUT2D eigenvalue weighted by atomic mass is 15.3. The number of hydrogen-bond donors (Lipinski definition) is 1. The monoisotopic (exact) mass is 249 g/mol. The third kappa shape index (κ3) is 2.77. The van der Waals surface area contributed by atoms with Gasteiger partial charge >= 0.3 is 0 Å². The Kier molecular flexibility index (Phi) is 4.44. The molecule has 1 aliphatic rings. The quantitative estimate of drug-likeness (QED) is 0.805. The van der Waals surface area contributed by atoms with Crippen LogP contribution < -0.4 is 5.32 Å². The van der Waals surface area contributed by atoms with Crippen LogP contribution in [0.5, 0.6) is 0 Å². The van der Waals surface area contributed by atoms with E-state index in [1.807, 2.05) is 0 Å². The molecule has 18 heavy (non-hydrogen) atoms. The fourth-order valence-electron chi connectivity index (χ4n) is 2.80. The van der Waals surface area contributed by atoms with E-state index in [-0.39, 0.29) is 0 Å². The molecule has 0 amide bonds. The Bertz CT molecular complexity index is 391. The smallest absolute Gasteiger partial charge is 0.0672 e. The lowest BCUT2D eigenvalue weighted by Gasteiger charge is -2.15. The van der Waals surface area contributed by atoms with E-state index >= 15 is 0 Å². The number of nitrogens with one attached hydrogen (secondary N) is 1. The van der Waals surface area contributed by atoms with E-state index in [0.29, 0.717) is 6.04 Å². The Morgan fingerprint density at radius 1 is 1.28 bits per heavy atom. The van der Waals surface area contributed by atoms with Crippen LogP contribution in [-0.4, -0.2) is 16.3 Å². The Morgan fingerprint density at radius 3 is 2.50 bits per heavy atom. The maximum Gasteiger partial charge on any atom is 0.0672 e. The Hall–Kier alpha value is -0.830. The second-order valence-corrected chi connectivity index (χ2v) is 5.42. The SMILES string of the molecule is CCNC(C)c1c(CC)nn(CC2CC2)c1CC. The van der Waals surface area contributed by atoms with Gasteiger partial charge in [-0.25, -0.2) is 0 Å². The minimum absolute atomic E-state index is 0.424. The molecule has 0 aliphatic heterocycles. The first-order valence-corrected chi connectivity index (χ1v) is 7.52. The van der Waals surface area contributed by atoms with Gasteiger partial charge in [0.2, 0.25) is 0 Å². The molecule has 1 saturated carbocycles. The molecule has 102 valence electrons. The van der Waals surface area contributed by atoms with E-state index in [9.17, 15) is 0 Å². The normalized spacial score (nSPS) is 17.1. The van der Waals surface area contributed by atoms with Crippen molar-refractivity contribution in [1.29, 1.82) is 0 Å². The molecule has 0 bridgehead atoms. The number of nitrogens with zero attached hydrogens (tertiary/aromatic N) is 2. The van der Waals surface area contributed by atoms with Gasteiger partial charge in [0.05, 0.1) is 5.69 Å². The summed E-state index contributed by atoms with van der Waals surface area (Å²) in [6.45, 7) is 11.0. The summed E-state index contributed by atoms with van der Waals surface area (Å²) in [5, 5.41) is 8.40. The first-order chi connectivity index (χ1) is 8.71. The van der Waals surface area contributed by atoms with E-state index in [0.717, 1.165) is 31.8 Å². The lowest BCUT2D eigenvalue weighted by Crippen LogP contribution is -2.20. The predicted octanol–water partition coefficient (Wildman–Crippen LogP) is 3.09. The van der Waals surface area contributed by atoms with Crippen molar-refractivity contribution in [3.63, 3.8) is 0 Å². The van der Waals surface area contributed by atoms with Gasteiger partial charge in [-0.2, -0.15) is 5.10 Å². The number of aromatic nitrogens is 2. The van der Waals surface area contributed by atoms with E-state index in [4.69, 9.17) is 5.10 Å². The van der Waals surface area contributed by atoms with Gasteiger partial charge in [-0.15, -0.1) is 0 Å². The first-order valence-electron chi connectivity index (χ1n) is 7.52. The summed E-state index contributed by atoms with van der Waals surface area (Å²) in [5.41, 5.74) is 4.20. The van der Waals surface area contributed by atoms with Crippen molar-refractivity contribution in [1.82, 2.24) is 15.1 Å². The van der Waals surface area contributed by atoms with Crippen LogP contribution in [0.25, 0.3) is 0 Å². The standard InChI is InChI=1S/C15H27N3/c1-5-13-15(11(4)16-7-3)14(6-2)18(17-13)10-12-8-9-12/h11-12,16H,5-10H2,1-4H3. The molecule has 0 saturated heterocycles. The summed E-state index contributed by atoms with van der Waals surface area (Å²) in [4.78, 5) is 0. The van der Waals surface area contributed by atoms with Crippen LogP contribution >= 0.6 is 0 Å². The van der Waals surface area contributed by atoms with Crippen LogP contribution in [-0.2, 0) is 19.4 Å². The highest BCUT2D eigenvalue weighted by Gasteiger charge is 2.26. The van der Waals surface area contributed by atoms with Gasteiger partial charge in [0, 0.05) is 23.8 Å². The van der Waals surface area contributed by atoms with Crippen LogP contribution in [0.15, 0.2) is 0 Å². The summed E-state index contributed by atoms with van der Waals surface area (Å²) in [5.74, 6) is 0.891. The topological polar surface area (TPSA) is 29.9 Å². The van der Waals surface area contributed by atoms with Crippen LogP contribution in [0.1, 0.15) is 63.5 Å². The molecule has 1 N–H and O–H groups in total. The predicted molar refractivity (Wildman–Crippen MR) is 75.8 cm³/mol. The van der Waals surface area contributed by atoms with Crippen molar-refractivity contribution >= 4 is 0 Å². The molecule has 1 aliphatic carbocycles. The molecular formula is C15H27N3. The van der Waals surface area contributed by atoms with Gasteiger partial charge in [-0.1, -0.05) is 20.8 Å². The van der Waals surface area contributed by atoms with Gasteiger partial charge < -0.3 is 5.32 Å². The summed E-state index contributed by atoms with van der Waals surface area (Å²) >= 11 is 0. The van der Waals surface area contributed by atoms with Crippen LogP contribution in [0, 0.1) is 5.92 Å². The number of aryl methyl sites for hydroxylation is 1. The van der Waals surface area contributed by atoms with E-state index in [1.165, 1.54) is 29.8 Å². The zero-order valence-electron chi connectivity index (χ0n) is 12.3. The maximum absolute atomic E-state index is 4.86.